The van der Waals surface area contributed by atoms with Crippen LogP contribution in [0.5, 0.6) is 0 Å². The van der Waals surface area contributed by atoms with E-state index in [0.29, 0.717) is 22.5 Å². The number of carbonyl (C=O) groups is 2. The van der Waals surface area contributed by atoms with Crippen LogP contribution in [0.2, 0.25) is 0 Å². The first kappa shape index (κ1) is 24.3. The maximum atomic E-state index is 14.0. The van der Waals surface area contributed by atoms with Gasteiger partial charge in [-0.2, -0.15) is 5.26 Å². The molecule has 12 heteroatoms. The summed E-state index contributed by atoms with van der Waals surface area (Å²) in [5.74, 6) is -2.37. The number of carbonyl (C=O) groups excluding carboxylic acids is 2. The second kappa shape index (κ2) is 9.10. The Morgan fingerprint density at radius 1 is 1.23 bits per heavy atom. The van der Waals surface area contributed by atoms with Crippen LogP contribution in [-0.4, -0.2) is 66.2 Å². The lowest BCUT2D eigenvalue weighted by Gasteiger charge is -2.35. The summed E-state index contributed by atoms with van der Waals surface area (Å²) < 4.78 is 16.0. The zero-order valence-corrected chi connectivity index (χ0v) is 19.1. The lowest BCUT2D eigenvalue weighted by atomic mass is 9.74. The van der Waals surface area contributed by atoms with E-state index in [2.05, 4.69) is 10.2 Å². The number of dihydropyridines is 1. The minimum Gasteiger partial charge on any atom is -0.466 e. The molecule has 0 bridgehead atoms. The summed E-state index contributed by atoms with van der Waals surface area (Å²) >= 11 is 0. The van der Waals surface area contributed by atoms with Crippen LogP contribution < -0.4 is 5.32 Å². The van der Waals surface area contributed by atoms with Crippen molar-refractivity contribution in [3.8, 4) is 6.07 Å². The van der Waals surface area contributed by atoms with Gasteiger partial charge in [0, 0.05) is 22.9 Å². The Bertz CT molecular complexity index is 1180. The zero-order chi connectivity index (χ0) is 25.5. The van der Waals surface area contributed by atoms with Crippen LogP contribution in [0, 0.1) is 21.4 Å². The number of ether oxygens (including phenoxy) is 3. The van der Waals surface area contributed by atoms with Crippen molar-refractivity contribution in [2.45, 2.75) is 43.7 Å². The van der Waals surface area contributed by atoms with Crippen LogP contribution in [-0.2, 0) is 28.6 Å². The van der Waals surface area contributed by atoms with Crippen molar-refractivity contribution in [2.75, 3.05) is 20.3 Å². The predicted octanol–water partition coefficient (Wildman–Crippen LogP) is 0.641. The summed E-state index contributed by atoms with van der Waals surface area (Å²) in [6.45, 7) is 2.57. The second-order valence-corrected chi connectivity index (χ2v) is 8.51. The topological polar surface area (TPSA) is 170 Å². The Balaban J connectivity index is 1.77. The van der Waals surface area contributed by atoms with E-state index in [4.69, 9.17) is 19.5 Å². The Hall–Kier alpha value is -3.79. The fourth-order valence-electron chi connectivity index (χ4n) is 4.88. The quantitative estimate of drug-likeness (QED) is 0.329. The summed E-state index contributed by atoms with van der Waals surface area (Å²) in [6.07, 6.45) is -3.34. The highest BCUT2D eigenvalue weighted by atomic mass is 17.0. The highest BCUT2D eigenvalue weighted by Gasteiger charge is 2.62. The minimum atomic E-state index is -2.19. The van der Waals surface area contributed by atoms with Crippen LogP contribution in [0.15, 0.2) is 46.8 Å². The predicted molar refractivity (Wildman–Crippen MR) is 116 cm³/mol. The monoisotopic (exact) mass is 485 g/mol. The van der Waals surface area contributed by atoms with E-state index in [1.165, 1.54) is 7.11 Å². The minimum absolute atomic E-state index is 0.0784. The first-order chi connectivity index (χ1) is 16.6. The summed E-state index contributed by atoms with van der Waals surface area (Å²) in [7, 11) is 1.22. The van der Waals surface area contributed by atoms with Gasteiger partial charge in [-0.05, 0) is 31.5 Å². The molecule has 184 valence electrons. The van der Waals surface area contributed by atoms with Gasteiger partial charge in [0.05, 0.1) is 37.5 Å². The van der Waals surface area contributed by atoms with Crippen LogP contribution in [0.25, 0.3) is 0 Å². The number of aliphatic hydroxyl groups is 1. The van der Waals surface area contributed by atoms with Gasteiger partial charge in [0.25, 0.3) is 5.09 Å². The van der Waals surface area contributed by atoms with Gasteiger partial charge in [-0.15, -0.1) is 10.1 Å². The summed E-state index contributed by atoms with van der Waals surface area (Å²) in [5, 5.41) is 33.5. The van der Waals surface area contributed by atoms with Crippen molar-refractivity contribution in [3.05, 3.63) is 68.0 Å². The Labute approximate surface area is 199 Å². The van der Waals surface area contributed by atoms with E-state index >= 15 is 0 Å². The number of nitrogens with zero attached hydrogens (tertiary/aromatic N) is 2. The molecule has 0 amide bonds. The molecule has 0 spiro atoms. The molecule has 0 aliphatic carbocycles. The Morgan fingerprint density at radius 3 is 2.49 bits per heavy atom. The van der Waals surface area contributed by atoms with E-state index in [0.717, 1.165) is 0 Å². The number of allylic oxidation sites excluding steroid dienone is 2. The van der Waals surface area contributed by atoms with Gasteiger partial charge in [-0.25, -0.2) is 4.79 Å². The number of nitriles is 1. The highest BCUT2D eigenvalue weighted by molar-refractivity contribution is 6.07. The molecule has 2 N–H and O–H groups in total. The molecule has 1 unspecified atom stereocenters. The van der Waals surface area contributed by atoms with Crippen molar-refractivity contribution in [1.82, 2.24) is 5.32 Å². The van der Waals surface area contributed by atoms with Crippen LogP contribution >= 0.6 is 0 Å². The molecule has 12 nitrogen and oxygen atoms in total. The highest BCUT2D eigenvalue weighted by Crippen LogP contribution is 2.44. The van der Waals surface area contributed by atoms with Crippen molar-refractivity contribution in [1.29, 1.82) is 5.26 Å². The van der Waals surface area contributed by atoms with Gasteiger partial charge in [-0.3, -0.25) is 4.79 Å². The second-order valence-electron chi connectivity index (χ2n) is 8.51. The molecule has 3 aliphatic heterocycles. The molecule has 5 atom stereocenters. The average Bonchev–Trinajstić information content (AvgIpc) is 3.39. The molecule has 0 saturated carbocycles. The Kier molecular flexibility index (Phi) is 6.33. The molecule has 1 aromatic carbocycles. The lowest BCUT2D eigenvalue weighted by molar-refractivity contribution is -0.769. The average molecular weight is 485 g/mol. The molecule has 2 saturated heterocycles. The number of esters is 1. The molecular formula is C23H23N3O9. The van der Waals surface area contributed by atoms with E-state index in [1.54, 1.807) is 38.1 Å². The maximum Gasteiger partial charge on any atom is 0.336 e. The standard InChI is InChI=1S/C23H23N3O9/c1-11-16(20(27)23(29)10-34-19-15(35-26(30)31)9-33-21(19)23)18(14-6-4-13(8-24)5-7-14)17(12(2)25-11)22(28)32-3/h4-7,15,18-19,21,25,29H,9-10H2,1-3H3/t15-,18?,19+,21-,23-/m0/s1. The summed E-state index contributed by atoms with van der Waals surface area (Å²) in [5.41, 5.74) is -0.185. The molecule has 3 aliphatic rings. The number of fused-ring (bicyclic) bond motifs is 1. The van der Waals surface area contributed by atoms with E-state index in [-0.39, 0.29) is 17.8 Å². The molecule has 0 radical (unpaired) electrons. The van der Waals surface area contributed by atoms with Crippen molar-refractivity contribution in [2.24, 2.45) is 0 Å². The number of benzene rings is 1. The SMILES string of the molecule is COC(=O)C1=C(C)NC(C)=C(C(=O)[C@@]2(O)CO[C@@H]3[C@@H](O[N+](=O)[O-])CO[C@@H]32)C1c1ccc(C#N)cc1. The van der Waals surface area contributed by atoms with Crippen LogP contribution in [0.1, 0.15) is 30.9 Å². The van der Waals surface area contributed by atoms with Crippen LogP contribution in [0.4, 0.5) is 0 Å². The third-order valence-electron chi connectivity index (χ3n) is 6.47. The normalized spacial score (nSPS) is 29.8. The van der Waals surface area contributed by atoms with E-state index < -0.39 is 53.3 Å². The summed E-state index contributed by atoms with van der Waals surface area (Å²) in [4.78, 5) is 42.1. The van der Waals surface area contributed by atoms with Crippen molar-refractivity contribution in [3.63, 3.8) is 0 Å². The van der Waals surface area contributed by atoms with Crippen molar-refractivity contribution >= 4 is 11.8 Å². The van der Waals surface area contributed by atoms with Gasteiger partial charge in [0.2, 0.25) is 0 Å². The van der Waals surface area contributed by atoms with Gasteiger partial charge in [0.15, 0.2) is 17.5 Å². The fourth-order valence-corrected chi connectivity index (χ4v) is 4.88. The first-order valence-corrected chi connectivity index (χ1v) is 10.7. The smallest absolute Gasteiger partial charge is 0.336 e. The van der Waals surface area contributed by atoms with Gasteiger partial charge in [0.1, 0.15) is 12.2 Å². The molecular weight excluding hydrogens is 462 g/mol. The molecule has 0 aromatic heterocycles. The van der Waals surface area contributed by atoms with Gasteiger partial charge >= 0.3 is 5.97 Å². The third-order valence-corrected chi connectivity index (χ3v) is 6.47. The molecule has 4 rings (SSSR count). The third kappa shape index (κ3) is 4.03. The number of ketones is 1. The lowest BCUT2D eigenvalue weighted by Crippen LogP contribution is -2.53. The molecule has 1 aromatic rings. The van der Waals surface area contributed by atoms with Gasteiger partial charge < -0.3 is 29.5 Å². The van der Waals surface area contributed by atoms with Gasteiger partial charge in [-0.1, -0.05) is 12.1 Å². The number of Topliss-reactive ketones (excluding diaryl/α,β-unsaturated/α-hetero) is 1. The molecule has 3 heterocycles. The summed E-state index contributed by atoms with van der Waals surface area (Å²) in [6, 6.07) is 8.38. The van der Waals surface area contributed by atoms with E-state index in [1.807, 2.05) is 6.07 Å². The fraction of sp³-hybridized carbons (Fsp3) is 0.435. The van der Waals surface area contributed by atoms with E-state index in [9.17, 15) is 24.8 Å². The number of rotatable bonds is 6. The first-order valence-electron chi connectivity index (χ1n) is 10.7. The van der Waals surface area contributed by atoms with Crippen molar-refractivity contribution < 1.29 is 38.8 Å². The maximum absolute atomic E-state index is 14.0. The largest absolute Gasteiger partial charge is 0.466 e. The zero-order valence-electron chi connectivity index (χ0n) is 19.1. The van der Waals surface area contributed by atoms with Crippen LogP contribution in [0.3, 0.4) is 0 Å². The molecule has 2 fully saturated rings. The number of hydrogen-bond donors (Lipinski definition) is 2. The number of hydrogen-bond acceptors (Lipinski definition) is 11. The number of nitrogens with one attached hydrogen (secondary N) is 1. The molecule has 35 heavy (non-hydrogen) atoms. The Morgan fingerprint density at radius 2 is 1.89 bits per heavy atom. The number of methoxy groups -OCH3 is 1.